The summed E-state index contributed by atoms with van der Waals surface area (Å²) in [6, 6.07) is 3.50. The largest absolute Gasteiger partial charge is 0.466 e. The first-order valence-electron chi connectivity index (χ1n) is 7.72. The minimum atomic E-state index is -0.403. The molecule has 2 heterocycles. The molecular weight excluding hydrogens is 346 g/mol. The molecule has 0 saturated carbocycles. The van der Waals surface area contributed by atoms with Gasteiger partial charge < -0.3 is 19.8 Å². The number of nitrogens with zero attached hydrogens (tertiary/aromatic N) is 1. The zero-order chi connectivity index (χ0) is 18.2. The minimum Gasteiger partial charge on any atom is -0.466 e. The Labute approximate surface area is 148 Å². The van der Waals surface area contributed by atoms with Crippen molar-refractivity contribution >= 4 is 34.3 Å². The van der Waals surface area contributed by atoms with Crippen molar-refractivity contribution in [2.24, 2.45) is 0 Å². The number of aromatic nitrogens is 1. The molecule has 0 aliphatic carbocycles. The van der Waals surface area contributed by atoms with Crippen LogP contribution in [0.5, 0.6) is 0 Å². The second-order valence-corrected chi connectivity index (χ2v) is 5.92. The number of carbonyl (C=O) groups excluding carboxylic acids is 3. The van der Waals surface area contributed by atoms with E-state index in [1.807, 2.05) is 0 Å². The highest BCUT2D eigenvalue weighted by Gasteiger charge is 2.12. The summed E-state index contributed by atoms with van der Waals surface area (Å²) in [6.45, 7) is 3.74. The number of ether oxygens (including phenoxy) is 1. The van der Waals surface area contributed by atoms with Crippen LogP contribution < -0.4 is 10.6 Å². The van der Waals surface area contributed by atoms with Crippen LogP contribution in [-0.2, 0) is 25.7 Å². The number of furan rings is 1. The molecule has 0 bridgehead atoms. The Hall–Kier alpha value is -2.68. The smallest absolute Gasteiger partial charge is 0.306 e. The van der Waals surface area contributed by atoms with E-state index in [0.29, 0.717) is 35.5 Å². The number of carbonyl (C=O) groups is 3. The van der Waals surface area contributed by atoms with E-state index in [1.165, 1.54) is 18.3 Å². The Morgan fingerprint density at radius 1 is 1.28 bits per heavy atom. The van der Waals surface area contributed by atoms with Crippen LogP contribution in [-0.4, -0.2) is 29.4 Å². The maximum absolute atomic E-state index is 11.8. The molecule has 134 valence electrons. The fourth-order valence-electron chi connectivity index (χ4n) is 1.90. The molecule has 2 aromatic rings. The van der Waals surface area contributed by atoms with Crippen LogP contribution in [0.4, 0.5) is 5.13 Å². The van der Waals surface area contributed by atoms with Crippen LogP contribution in [0.1, 0.15) is 32.4 Å². The second-order valence-electron chi connectivity index (χ2n) is 5.07. The number of anilines is 1. The Bertz CT molecular complexity index is 753. The number of hydrogen-bond donors (Lipinski definition) is 2. The molecule has 2 rings (SSSR count). The highest BCUT2D eigenvalue weighted by atomic mass is 32.1. The van der Waals surface area contributed by atoms with E-state index in [1.54, 1.807) is 24.4 Å². The molecule has 0 saturated heterocycles. The molecule has 2 aromatic heterocycles. The topological polar surface area (TPSA) is 111 Å². The normalized spacial score (nSPS) is 10.3. The summed E-state index contributed by atoms with van der Waals surface area (Å²) in [5.74, 6) is 0.306. The highest BCUT2D eigenvalue weighted by Crippen LogP contribution is 2.26. The van der Waals surface area contributed by atoms with E-state index in [9.17, 15) is 14.4 Å². The van der Waals surface area contributed by atoms with Crippen LogP contribution in [0.15, 0.2) is 21.9 Å². The first-order valence-corrected chi connectivity index (χ1v) is 8.60. The van der Waals surface area contributed by atoms with Crippen LogP contribution in [0, 0.1) is 0 Å². The minimum absolute atomic E-state index is 0.0304. The number of rotatable bonds is 8. The number of hydrogen-bond acceptors (Lipinski definition) is 7. The van der Waals surface area contributed by atoms with Crippen molar-refractivity contribution in [3.8, 4) is 11.5 Å². The van der Waals surface area contributed by atoms with Crippen LogP contribution in [0.2, 0.25) is 0 Å². The number of nitrogens with one attached hydrogen (secondary N) is 2. The van der Waals surface area contributed by atoms with Gasteiger partial charge in [-0.15, -0.1) is 11.3 Å². The third-order valence-electron chi connectivity index (χ3n) is 3.04. The number of thiazole rings is 1. The molecule has 9 heteroatoms. The monoisotopic (exact) mass is 365 g/mol. The lowest BCUT2D eigenvalue weighted by molar-refractivity contribution is -0.144. The Morgan fingerprint density at radius 2 is 2.08 bits per heavy atom. The van der Waals surface area contributed by atoms with Crippen molar-refractivity contribution in [3.05, 3.63) is 23.3 Å². The molecule has 0 radical (unpaired) electrons. The lowest BCUT2D eigenvalue weighted by Gasteiger charge is -2.02. The van der Waals surface area contributed by atoms with E-state index >= 15 is 0 Å². The standard InChI is InChI=1S/C16H19N3O5S/c1-3-23-15(22)7-6-14(21)19-16-18-12(9-25-16)13-5-4-11(24-13)8-17-10(2)20/h4-5,9H,3,6-8H2,1-2H3,(H,17,20)(H,18,19,21). The predicted molar refractivity (Wildman–Crippen MR) is 91.8 cm³/mol. The molecule has 0 unspecified atom stereocenters. The Morgan fingerprint density at radius 3 is 2.80 bits per heavy atom. The first-order chi connectivity index (χ1) is 12.0. The fraction of sp³-hybridized carbons (Fsp3) is 0.375. The third kappa shape index (κ3) is 6.03. The van der Waals surface area contributed by atoms with Gasteiger partial charge in [0.1, 0.15) is 11.5 Å². The molecule has 25 heavy (non-hydrogen) atoms. The van der Waals surface area contributed by atoms with Gasteiger partial charge >= 0.3 is 5.97 Å². The SMILES string of the molecule is CCOC(=O)CCC(=O)Nc1nc(-c2ccc(CNC(C)=O)o2)cs1. The predicted octanol–water partition coefficient (Wildman–Crippen LogP) is 2.32. The maximum Gasteiger partial charge on any atom is 0.306 e. The van der Waals surface area contributed by atoms with Crippen molar-refractivity contribution < 1.29 is 23.5 Å². The lowest BCUT2D eigenvalue weighted by Crippen LogP contribution is -2.18. The van der Waals surface area contributed by atoms with Gasteiger partial charge in [-0.1, -0.05) is 0 Å². The van der Waals surface area contributed by atoms with E-state index in [0.717, 1.165) is 0 Å². The van der Waals surface area contributed by atoms with Gasteiger partial charge in [0.15, 0.2) is 10.9 Å². The maximum atomic E-state index is 11.8. The van der Waals surface area contributed by atoms with Gasteiger partial charge in [-0.2, -0.15) is 0 Å². The van der Waals surface area contributed by atoms with Gasteiger partial charge in [-0.3, -0.25) is 14.4 Å². The van der Waals surface area contributed by atoms with Crippen LogP contribution >= 0.6 is 11.3 Å². The van der Waals surface area contributed by atoms with Gasteiger partial charge in [-0.05, 0) is 19.1 Å². The molecular formula is C16H19N3O5S. The second kappa shape index (κ2) is 8.97. The fourth-order valence-corrected chi connectivity index (χ4v) is 2.61. The van der Waals surface area contributed by atoms with E-state index in [-0.39, 0.29) is 24.7 Å². The Balaban J connectivity index is 1.88. The number of esters is 1. The number of amides is 2. The molecule has 0 atom stereocenters. The quantitative estimate of drug-likeness (QED) is 0.695. The zero-order valence-corrected chi connectivity index (χ0v) is 14.8. The van der Waals surface area contributed by atoms with Crippen molar-refractivity contribution in [2.75, 3.05) is 11.9 Å². The third-order valence-corrected chi connectivity index (χ3v) is 3.80. The molecule has 0 aliphatic heterocycles. The zero-order valence-electron chi connectivity index (χ0n) is 14.0. The molecule has 2 amide bonds. The van der Waals surface area contributed by atoms with Gasteiger partial charge in [0.2, 0.25) is 11.8 Å². The van der Waals surface area contributed by atoms with Crippen molar-refractivity contribution in [1.82, 2.24) is 10.3 Å². The molecule has 0 aliphatic rings. The summed E-state index contributed by atoms with van der Waals surface area (Å²) >= 11 is 1.26. The molecule has 0 spiro atoms. The average Bonchev–Trinajstić information content (AvgIpc) is 3.20. The summed E-state index contributed by atoms with van der Waals surface area (Å²) in [7, 11) is 0. The molecule has 0 fully saturated rings. The summed E-state index contributed by atoms with van der Waals surface area (Å²) in [5.41, 5.74) is 0.583. The van der Waals surface area contributed by atoms with Crippen molar-refractivity contribution in [1.29, 1.82) is 0 Å². The van der Waals surface area contributed by atoms with E-state index < -0.39 is 5.97 Å². The van der Waals surface area contributed by atoms with Crippen LogP contribution in [0.3, 0.4) is 0 Å². The van der Waals surface area contributed by atoms with E-state index in [2.05, 4.69) is 15.6 Å². The highest BCUT2D eigenvalue weighted by molar-refractivity contribution is 7.14. The Kier molecular flexibility index (Phi) is 6.70. The van der Waals surface area contributed by atoms with Crippen molar-refractivity contribution in [3.63, 3.8) is 0 Å². The summed E-state index contributed by atoms with van der Waals surface area (Å²) in [5, 5.41) is 7.46. The molecule has 8 nitrogen and oxygen atoms in total. The van der Waals surface area contributed by atoms with Gasteiger partial charge in [0.05, 0.1) is 19.6 Å². The van der Waals surface area contributed by atoms with Gasteiger partial charge in [-0.25, -0.2) is 4.98 Å². The average molecular weight is 365 g/mol. The lowest BCUT2D eigenvalue weighted by atomic mass is 10.3. The van der Waals surface area contributed by atoms with Gasteiger partial charge in [0.25, 0.3) is 0 Å². The van der Waals surface area contributed by atoms with Gasteiger partial charge in [0, 0.05) is 18.7 Å². The van der Waals surface area contributed by atoms with Crippen LogP contribution in [0.25, 0.3) is 11.5 Å². The van der Waals surface area contributed by atoms with E-state index in [4.69, 9.17) is 9.15 Å². The molecule has 2 N–H and O–H groups in total. The summed E-state index contributed by atoms with van der Waals surface area (Å²) < 4.78 is 10.4. The summed E-state index contributed by atoms with van der Waals surface area (Å²) in [4.78, 5) is 38.2. The molecule has 0 aromatic carbocycles. The van der Waals surface area contributed by atoms with Crippen molar-refractivity contribution in [2.45, 2.75) is 33.2 Å². The first kappa shape index (κ1) is 18.7. The summed E-state index contributed by atoms with van der Waals surface area (Å²) in [6.07, 6.45) is 0.0674.